The number of sulfonamides is 1. The summed E-state index contributed by atoms with van der Waals surface area (Å²) in [5, 5.41) is 13.1. The van der Waals surface area contributed by atoms with Gasteiger partial charge in [-0.05, 0) is 45.4 Å². The predicted molar refractivity (Wildman–Crippen MR) is 81.6 cm³/mol. The SMILES string of the molecule is Cc1ccc(-c2nnc(S(N)(=O)=O)n2C(C)(C)C)c(Cl)c1. The second-order valence-corrected chi connectivity index (χ2v) is 7.70. The number of nitrogens with zero attached hydrogens (tertiary/aromatic N) is 3. The fourth-order valence-corrected chi connectivity index (χ4v) is 3.12. The number of rotatable bonds is 2. The Morgan fingerprint density at radius 3 is 2.33 bits per heavy atom. The van der Waals surface area contributed by atoms with E-state index in [2.05, 4.69) is 10.2 Å². The Bertz CT molecular complexity index is 791. The lowest BCUT2D eigenvalue weighted by molar-refractivity contribution is 0.366. The molecule has 2 N–H and O–H groups in total. The van der Waals surface area contributed by atoms with Crippen LogP contribution < -0.4 is 5.14 Å². The number of halogens is 1. The smallest absolute Gasteiger partial charge is 0.273 e. The summed E-state index contributed by atoms with van der Waals surface area (Å²) < 4.78 is 24.9. The van der Waals surface area contributed by atoms with E-state index < -0.39 is 15.6 Å². The fourth-order valence-electron chi connectivity index (χ4n) is 2.03. The van der Waals surface area contributed by atoms with Crippen LogP contribution in [0.2, 0.25) is 5.02 Å². The molecule has 0 saturated heterocycles. The van der Waals surface area contributed by atoms with Gasteiger partial charge in [0.15, 0.2) is 5.82 Å². The lowest BCUT2D eigenvalue weighted by Gasteiger charge is -2.24. The first kappa shape index (κ1) is 15.9. The summed E-state index contributed by atoms with van der Waals surface area (Å²) in [4.78, 5) is 0. The molecule has 0 atom stereocenters. The second-order valence-electron chi connectivity index (χ2n) is 5.84. The molecule has 2 aromatic rings. The van der Waals surface area contributed by atoms with Gasteiger partial charge in [0.2, 0.25) is 0 Å². The Morgan fingerprint density at radius 1 is 1.24 bits per heavy atom. The van der Waals surface area contributed by atoms with Crippen LogP contribution in [0.25, 0.3) is 11.4 Å². The van der Waals surface area contributed by atoms with Crippen LogP contribution in [0.3, 0.4) is 0 Å². The lowest BCUT2D eigenvalue weighted by atomic mass is 10.1. The molecule has 1 heterocycles. The molecule has 1 aromatic heterocycles. The summed E-state index contributed by atoms with van der Waals surface area (Å²) in [6, 6.07) is 5.45. The number of hydrogen-bond acceptors (Lipinski definition) is 4. The van der Waals surface area contributed by atoms with Gasteiger partial charge in [-0.15, -0.1) is 10.2 Å². The van der Waals surface area contributed by atoms with Crippen molar-refractivity contribution in [1.82, 2.24) is 14.8 Å². The molecule has 0 unspecified atom stereocenters. The molecule has 0 fully saturated rings. The topological polar surface area (TPSA) is 90.9 Å². The first-order valence-electron chi connectivity index (χ1n) is 6.27. The number of aromatic nitrogens is 3. The first-order chi connectivity index (χ1) is 9.51. The van der Waals surface area contributed by atoms with Crippen LogP contribution in [0.1, 0.15) is 26.3 Å². The van der Waals surface area contributed by atoms with Gasteiger partial charge in [0, 0.05) is 11.1 Å². The quantitative estimate of drug-likeness (QED) is 0.915. The van der Waals surface area contributed by atoms with Crippen LogP contribution in [-0.4, -0.2) is 23.2 Å². The molecule has 114 valence electrons. The van der Waals surface area contributed by atoms with Crippen LogP contribution in [-0.2, 0) is 15.6 Å². The van der Waals surface area contributed by atoms with Crippen LogP contribution in [0.4, 0.5) is 0 Å². The summed E-state index contributed by atoms with van der Waals surface area (Å²) in [5.41, 5.74) is 1.03. The molecule has 8 heteroatoms. The molecular formula is C13H17ClN4O2S. The molecule has 0 spiro atoms. The molecule has 0 aliphatic carbocycles. The Labute approximate surface area is 129 Å². The van der Waals surface area contributed by atoms with Gasteiger partial charge in [-0.25, -0.2) is 13.6 Å². The van der Waals surface area contributed by atoms with Crippen molar-refractivity contribution in [2.45, 2.75) is 38.4 Å². The number of primary sulfonamides is 1. The van der Waals surface area contributed by atoms with E-state index >= 15 is 0 Å². The van der Waals surface area contributed by atoms with Gasteiger partial charge in [0.25, 0.3) is 15.2 Å². The summed E-state index contributed by atoms with van der Waals surface area (Å²) in [5.74, 6) is 0.372. The maximum atomic E-state index is 11.7. The third kappa shape index (κ3) is 3.09. The normalized spacial score (nSPS) is 12.7. The zero-order valence-corrected chi connectivity index (χ0v) is 13.8. The Morgan fingerprint density at radius 2 is 1.86 bits per heavy atom. The summed E-state index contributed by atoms with van der Waals surface area (Å²) in [6.45, 7) is 7.45. The van der Waals surface area contributed by atoms with E-state index in [1.54, 1.807) is 12.1 Å². The number of aryl methyl sites for hydroxylation is 1. The van der Waals surface area contributed by atoms with Gasteiger partial charge in [-0.2, -0.15) is 0 Å². The molecule has 0 saturated carbocycles. The van der Waals surface area contributed by atoms with E-state index in [0.29, 0.717) is 16.4 Å². The van der Waals surface area contributed by atoms with E-state index in [-0.39, 0.29) is 5.16 Å². The van der Waals surface area contributed by atoms with Gasteiger partial charge in [-0.3, -0.25) is 4.57 Å². The molecule has 1 aromatic carbocycles. The van der Waals surface area contributed by atoms with Crippen LogP contribution >= 0.6 is 11.6 Å². The van der Waals surface area contributed by atoms with Crippen molar-refractivity contribution in [3.63, 3.8) is 0 Å². The highest BCUT2D eigenvalue weighted by molar-refractivity contribution is 7.89. The largest absolute Gasteiger partial charge is 0.291 e. The highest BCUT2D eigenvalue weighted by Crippen LogP contribution is 2.32. The Kier molecular flexibility index (Phi) is 3.86. The Balaban J connectivity index is 2.80. The third-order valence-electron chi connectivity index (χ3n) is 2.92. The van der Waals surface area contributed by atoms with E-state index in [4.69, 9.17) is 16.7 Å². The van der Waals surface area contributed by atoms with Crippen molar-refractivity contribution in [3.05, 3.63) is 28.8 Å². The first-order valence-corrected chi connectivity index (χ1v) is 8.19. The predicted octanol–water partition coefficient (Wildman–Crippen LogP) is 2.31. The van der Waals surface area contributed by atoms with Gasteiger partial charge in [0.05, 0.1) is 5.02 Å². The minimum atomic E-state index is -3.98. The molecule has 0 radical (unpaired) electrons. The van der Waals surface area contributed by atoms with Crippen LogP contribution in [0.5, 0.6) is 0 Å². The zero-order valence-electron chi connectivity index (χ0n) is 12.3. The molecule has 0 aliphatic rings. The average Bonchev–Trinajstić information content (AvgIpc) is 2.72. The monoisotopic (exact) mass is 328 g/mol. The summed E-state index contributed by atoms with van der Waals surface area (Å²) >= 11 is 6.25. The van der Waals surface area contributed by atoms with E-state index in [9.17, 15) is 8.42 Å². The highest BCUT2D eigenvalue weighted by Gasteiger charge is 2.30. The van der Waals surface area contributed by atoms with E-state index in [1.165, 1.54) is 4.57 Å². The minimum absolute atomic E-state index is 0.276. The molecule has 6 nitrogen and oxygen atoms in total. The maximum Gasteiger partial charge on any atom is 0.273 e. The Hall–Kier alpha value is -1.44. The van der Waals surface area contributed by atoms with Crippen molar-refractivity contribution < 1.29 is 8.42 Å². The minimum Gasteiger partial charge on any atom is -0.291 e. The van der Waals surface area contributed by atoms with Crippen molar-refractivity contribution in [2.75, 3.05) is 0 Å². The lowest BCUT2D eigenvalue weighted by Crippen LogP contribution is -2.29. The average molecular weight is 329 g/mol. The van der Waals surface area contributed by atoms with Crippen molar-refractivity contribution in [3.8, 4) is 11.4 Å². The fraction of sp³-hybridized carbons (Fsp3) is 0.385. The highest BCUT2D eigenvalue weighted by atomic mass is 35.5. The molecule has 0 bridgehead atoms. The van der Waals surface area contributed by atoms with Crippen LogP contribution in [0, 0.1) is 6.92 Å². The van der Waals surface area contributed by atoms with Crippen molar-refractivity contribution in [1.29, 1.82) is 0 Å². The van der Waals surface area contributed by atoms with Gasteiger partial charge in [-0.1, -0.05) is 17.7 Å². The molecule has 21 heavy (non-hydrogen) atoms. The molecular weight excluding hydrogens is 312 g/mol. The van der Waals surface area contributed by atoms with Crippen molar-refractivity contribution in [2.24, 2.45) is 5.14 Å². The number of nitrogens with two attached hydrogens (primary N) is 1. The van der Waals surface area contributed by atoms with E-state index in [0.717, 1.165) is 5.56 Å². The molecule has 0 amide bonds. The summed E-state index contributed by atoms with van der Waals surface area (Å²) in [7, 11) is -3.98. The maximum absolute atomic E-state index is 11.7. The zero-order chi connectivity index (χ0) is 16.0. The van der Waals surface area contributed by atoms with E-state index in [1.807, 2.05) is 33.8 Å². The van der Waals surface area contributed by atoms with Gasteiger partial charge >= 0.3 is 0 Å². The summed E-state index contributed by atoms with van der Waals surface area (Å²) in [6.07, 6.45) is 0. The van der Waals surface area contributed by atoms with Gasteiger partial charge in [0.1, 0.15) is 0 Å². The second kappa shape index (κ2) is 5.08. The number of benzene rings is 1. The van der Waals surface area contributed by atoms with Gasteiger partial charge < -0.3 is 0 Å². The standard InChI is InChI=1S/C13H17ClN4O2S/c1-8-5-6-9(10(14)7-8)11-16-17-12(21(15,19)20)18(11)13(2,3)4/h5-7H,1-4H3,(H2,15,19,20). The molecule has 2 rings (SSSR count). The third-order valence-corrected chi connectivity index (χ3v) is 4.01. The molecule has 0 aliphatic heterocycles. The van der Waals surface area contributed by atoms with Crippen LogP contribution in [0.15, 0.2) is 23.4 Å². The van der Waals surface area contributed by atoms with Crippen molar-refractivity contribution >= 4 is 21.6 Å². The number of hydrogen-bond donors (Lipinski definition) is 1.